The number of halogens is 1. The second kappa shape index (κ2) is 8.19. The van der Waals surface area contributed by atoms with Gasteiger partial charge in [0, 0.05) is 37.1 Å². The predicted molar refractivity (Wildman–Crippen MR) is 95.9 cm³/mol. The molecule has 3 rings (SSSR count). The minimum Gasteiger partial charge on any atom is -0.352 e. The average Bonchev–Trinajstić information content (AvgIpc) is 3.44. The Bertz CT molecular complexity index is 613. The number of carbonyl (C=O) groups excluding carboxylic acids is 2. The summed E-state index contributed by atoms with van der Waals surface area (Å²) in [7, 11) is 0. The van der Waals surface area contributed by atoms with Crippen LogP contribution in [0.15, 0.2) is 29.2 Å². The number of amides is 2. The standard InChI is InChI=1S/C18H24FN3O2S/c1-13(18(24)20-15-4-5-15)21-8-10-22(11-9-21)17(23)12-25-16-6-2-14(19)3-7-16/h2-3,6-7,13,15H,4-5,8-12H2,1H3,(H,20,24)/t13-/m0/s1. The lowest BCUT2D eigenvalue weighted by Crippen LogP contribution is -2.55. The van der Waals surface area contributed by atoms with Crippen molar-refractivity contribution in [3.8, 4) is 0 Å². The molecule has 1 aliphatic heterocycles. The van der Waals surface area contributed by atoms with Crippen LogP contribution >= 0.6 is 11.8 Å². The molecule has 136 valence electrons. The fourth-order valence-electron chi connectivity index (χ4n) is 2.84. The molecule has 2 fully saturated rings. The van der Waals surface area contributed by atoms with E-state index in [1.165, 1.54) is 23.9 Å². The molecule has 0 bridgehead atoms. The summed E-state index contributed by atoms with van der Waals surface area (Å²) in [5.41, 5.74) is 0. The summed E-state index contributed by atoms with van der Waals surface area (Å²) >= 11 is 1.42. The molecule has 0 spiro atoms. The number of hydrogen-bond donors (Lipinski definition) is 1. The van der Waals surface area contributed by atoms with Crippen LogP contribution < -0.4 is 5.32 Å². The first-order valence-corrected chi connectivity index (χ1v) is 9.72. The average molecular weight is 365 g/mol. The summed E-state index contributed by atoms with van der Waals surface area (Å²) in [5, 5.41) is 3.04. The molecule has 0 unspecified atom stereocenters. The Morgan fingerprint density at radius 1 is 1.20 bits per heavy atom. The maximum atomic E-state index is 12.9. The van der Waals surface area contributed by atoms with Crippen LogP contribution in [0.25, 0.3) is 0 Å². The minimum absolute atomic E-state index is 0.0871. The van der Waals surface area contributed by atoms with Crippen LogP contribution in [0.1, 0.15) is 19.8 Å². The van der Waals surface area contributed by atoms with E-state index < -0.39 is 0 Å². The number of nitrogens with one attached hydrogen (secondary N) is 1. The number of hydrogen-bond acceptors (Lipinski definition) is 4. The SMILES string of the molecule is C[C@@H](C(=O)NC1CC1)N1CCN(C(=O)CSc2ccc(F)cc2)CC1. The third kappa shape index (κ3) is 5.19. The molecule has 1 aromatic carbocycles. The normalized spacial score (nSPS) is 19.5. The highest BCUT2D eigenvalue weighted by Crippen LogP contribution is 2.20. The van der Waals surface area contributed by atoms with Crippen LogP contribution in [0.3, 0.4) is 0 Å². The van der Waals surface area contributed by atoms with Crippen molar-refractivity contribution in [1.82, 2.24) is 15.1 Å². The van der Waals surface area contributed by atoms with Crippen molar-refractivity contribution >= 4 is 23.6 Å². The number of nitrogens with zero attached hydrogens (tertiary/aromatic N) is 2. The quantitative estimate of drug-likeness (QED) is 0.780. The van der Waals surface area contributed by atoms with Crippen molar-refractivity contribution in [2.24, 2.45) is 0 Å². The minimum atomic E-state index is -0.272. The van der Waals surface area contributed by atoms with E-state index in [-0.39, 0.29) is 23.7 Å². The highest BCUT2D eigenvalue weighted by Gasteiger charge is 2.30. The third-order valence-electron chi connectivity index (χ3n) is 4.69. The van der Waals surface area contributed by atoms with E-state index in [1.807, 2.05) is 11.8 Å². The van der Waals surface area contributed by atoms with Gasteiger partial charge in [-0.2, -0.15) is 0 Å². The van der Waals surface area contributed by atoms with E-state index >= 15 is 0 Å². The second-order valence-corrected chi connectivity index (χ2v) is 7.67. The monoisotopic (exact) mass is 365 g/mol. The lowest BCUT2D eigenvalue weighted by atomic mass is 10.2. The van der Waals surface area contributed by atoms with Crippen LogP contribution in [0, 0.1) is 5.82 Å². The summed E-state index contributed by atoms with van der Waals surface area (Å²) in [6, 6.07) is 6.41. The smallest absolute Gasteiger partial charge is 0.237 e. The molecular formula is C18H24FN3O2S. The fourth-order valence-corrected chi connectivity index (χ4v) is 3.64. The summed E-state index contributed by atoms with van der Waals surface area (Å²) < 4.78 is 12.9. The highest BCUT2D eigenvalue weighted by atomic mass is 32.2. The van der Waals surface area contributed by atoms with Gasteiger partial charge in [0.05, 0.1) is 11.8 Å². The van der Waals surface area contributed by atoms with E-state index in [0.29, 0.717) is 38.0 Å². The largest absolute Gasteiger partial charge is 0.352 e. The van der Waals surface area contributed by atoms with Crippen molar-refractivity contribution in [2.75, 3.05) is 31.9 Å². The molecule has 2 amide bonds. The number of rotatable bonds is 6. The van der Waals surface area contributed by atoms with Gasteiger partial charge in [-0.05, 0) is 44.0 Å². The molecule has 1 saturated heterocycles. The van der Waals surface area contributed by atoms with Crippen LogP contribution in [0.5, 0.6) is 0 Å². The number of piperazine rings is 1. The van der Waals surface area contributed by atoms with Gasteiger partial charge in [0.25, 0.3) is 0 Å². The van der Waals surface area contributed by atoms with Gasteiger partial charge in [0.2, 0.25) is 11.8 Å². The van der Waals surface area contributed by atoms with E-state index in [4.69, 9.17) is 0 Å². The molecule has 5 nitrogen and oxygen atoms in total. The molecule has 1 heterocycles. The lowest BCUT2D eigenvalue weighted by Gasteiger charge is -2.37. The van der Waals surface area contributed by atoms with Gasteiger partial charge in [-0.15, -0.1) is 11.8 Å². The van der Waals surface area contributed by atoms with Gasteiger partial charge in [0.1, 0.15) is 5.82 Å². The molecule has 2 aliphatic rings. The van der Waals surface area contributed by atoms with Gasteiger partial charge < -0.3 is 10.2 Å². The molecule has 1 N–H and O–H groups in total. The van der Waals surface area contributed by atoms with Crippen LogP contribution in [-0.4, -0.2) is 65.6 Å². The van der Waals surface area contributed by atoms with Crippen molar-refractivity contribution in [2.45, 2.75) is 36.7 Å². The van der Waals surface area contributed by atoms with Crippen LogP contribution in [-0.2, 0) is 9.59 Å². The van der Waals surface area contributed by atoms with Crippen molar-refractivity contribution in [1.29, 1.82) is 0 Å². The maximum absolute atomic E-state index is 12.9. The summed E-state index contributed by atoms with van der Waals surface area (Å²) in [6.45, 7) is 4.64. The van der Waals surface area contributed by atoms with E-state index in [1.54, 1.807) is 12.1 Å². The Labute approximate surface area is 151 Å². The lowest BCUT2D eigenvalue weighted by molar-refractivity contribution is -0.131. The molecule has 0 radical (unpaired) electrons. The number of benzene rings is 1. The zero-order valence-electron chi connectivity index (χ0n) is 14.4. The molecule has 25 heavy (non-hydrogen) atoms. The highest BCUT2D eigenvalue weighted by molar-refractivity contribution is 8.00. The Hall–Kier alpha value is -1.60. The van der Waals surface area contributed by atoms with Crippen molar-refractivity contribution in [3.63, 3.8) is 0 Å². The Morgan fingerprint density at radius 3 is 2.44 bits per heavy atom. The zero-order valence-corrected chi connectivity index (χ0v) is 15.2. The Kier molecular flexibility index (Phi) is 5.96. The molecule has 1 aromatic rings. The third-order valence-corrected chi connectivity index (χ3v) is 5.69. The van der Waals surface area contributed by atoms with Crippen LogP contribution in [0.2, 0.25) is 0 Å². The topological polar surface area (TPSA) is 52.7 Å². The molecule has 7 heteroatoms. The zero-order chi connectivity index (χ0) is 17.8. The summed E-state index contributed by atoms with van der Waals surface area (Å²) in [6.07, 6.45) is 2.18. The van der Waals surface area contributed by atoms with E-state index in [0.717, 1.165) is 17.7 Å². The fraction of sp³-hybridized carbons (Fsp3) is 0.556. The molecule has 0 aromatic heterocycles. The van der Waals surface area contributed by atoms with E-state index in [9.17, 15) is 14.0 Å². The molecule has 1 aliphatic carbocycles. The van der Waals surface area contributed by atoms with Gasteiger partial charge in [-0.3, -0.25) is 14.5 Å². The number of carbonyl (C=O) groups is 2. The molecular weight excluding hydrogens is 341 g/mol. The first-order chi connectivity index (χ1) is 12.0. The van der Waals surface area contributed by atoms with Crippen molar-refractivity contribution in [3.05, 3.63) is 30.1 Å². The first kappa shape index (κ1) is 18.2. The summed E-state index contributed by atoms with van der Waals surface area (Å²) in [4.78, 5) is 29.3. The first-order valence-electron chi connectivity index (χ1n) is 8.73. The number of thioether (sulfide) groups is 1. The van der Waals surface area contributed by atoms with E-state index in [2.05, 4.69) is 10.2 Å². The van der Waals surface area contributed by atoms with Crippen LogP contribution in [0.4, 0.5) is 4.39 Å². The Balaban J connectivity index is 1.40. The van der Waals surface area contributed by atoms with Crippen molar-refractivity contribution < 1.29 is 14.0 Å². The maximum Gasteiger partial charge on any atom is 0.237 e. The Morgan fingerprint density at radius 2 is 1.84 bits per heavy atom. The van der Waals surface area contributed by atoms with Gasteiger partial charge in [-0.25, -0.2) is 4.39 Å². The van der Waals surface area contributed by atoms with Gasteiger partial charge >= 0.3 is 0 Å². The molecule has 1 atom stereocenters. The van der Waals surface area contributed by atoms with Gasteiger partial charge in [0.15, 0.2) is 0 Å². The molecule has 1 saturated carbocycles. The predicted octanol–water partition coefficient (Wildman–Crippen LogP) is 1.73. The van der Waals surface area contributed by atoms with Gasteiger partial charge in [-0.1, -0.05) is 0 Å². The second-order valence-electron chi connectivity index (χ2n) is 6.62. The summed E-state index contributed by atoms with van der Waals surface area (Å²) in [5.74, 6) is 0.258.